The average molecular weight is 471 g/mol. The first-order chi connectivity index (χ1) is 16.8. The van der Waals surface area contributed by atoms with Gasteiger partial charge in [-0.05, 0) is 47.5 Å². The maximum atomic E-state index is 12.8. The predicted molar refractivity (Wildman–Crippen MR) is 134 cm³/mol. The van der Waals surface area contributed by atoms with Crippen molar-refractivity contribution < 1.29 is 19.2 Å². The van der Waals surface area contributed by atoms with Gasteiger partial charge in [0.15, 0.2) is 0 Å². The highest BCUT2D eigenvalue weighted by molar-refractivity contribution is 6.05. The summed E-state index contributed by atoms with van der Waals surface area (Å²) < 4.78 is 5.19. The number of hydrogen-bond donors (Lipinski definition) is 3. The van der Waals surface area contributed by atoms with E-state index >= 15 is 0 Å². The number of carbonyl (C=O) groups excluding carboxylic acids is 2. The summed E-state index contributed by atoms with van der Waals surface area (Å²) in [6, 6.07) is 18.1. The Balaban J connectivity index is 1.65. The number of rotatable bonds is 6. The van der Waals surface area contributed by atoms with E-state index in [-0.39, 0.29) is 23.0 Å². The number of aromatic nitrogens is 1. The summed E-state index contributed by atoms with van der Waals surface area (Å²) in [6.45, 7) is 1.36. The van der Waals surface area contributed by atoms with Crippen LogP contribution in [-0.2, 0) is 4.79 Å². The zero-order chi connectivity index (χ0) is 24.9. The van der Waals surface area contributed by atoms with Crippen LogP contribution in [0.4, 0.5) is 27.5 Å². The minimum absolute atomic E-state index is 0.124. The van der Waals surface area contributed by atoms with Crippen LogP contribution < -0.4 is 20.7 Å². The first kappa shape index (κ1) is 23.2. The maximum absolute atomic E-state index is 12.8. The van der Waals surface area contributed by atoms with Crippen LogP contribution in [0.25, 0.3) is 22.0 Å². The molecule has 4 rings (SSSR count). The number of anilines is 3. The number of nitrogens with one attached hydrogen (secondary N) is 3. The van der Waals surface area contributed by atoms with Gasteiger partial charge >= 0.3 is 6.03 Å². The Morgan fingerprint density at radius 1 is 0.886 bits per heavy atom. The standard InChI is InChI=1S/C25H21N5O5/c1-15(31)27-21-9-6-17(16-5-8-20-18(12-16)4-3-11-26-20)13-22(21)28-25(32)29-23-14-19(30(33)34)7-10-24(23)35-2/h3-14H,1-2H3,(H,27,31)(H2,28,29,32). The number of hydrogen-bond acceptors (Lipinski definition) is 6. The lowest BCUT2D eigenvalue weighted by Crippen LogP contribution is -2.21. The van der Waals surface area contributed by atoms with E-state index in [0.29, 0.717) is 11.4 Å². The Kier molecular flexibility index (Phi) is 6.54. The minimum Gasteiger partial charge on any atom is -0.495 e. The van der Waals surface area contributed by atoms with Gasteiger partial charge in [-0.3, -0.25) is 19.9 Å². The summed E-state index contributed by atoms with van der Waals surface area (Å²) in [7, 11) is 1.39. The molecule has 0 saturated heterocycles. The van der Waals surface area contributed by atoms with Gasteiger partial charge in [-0.2, -0.15) is 0 Å². The van der Waals surface area contributed by atoms with Gasteiger partial charge < -0.3 is 20.7 Å². The topological polar surface area (TPSA) is 135 Å². The molecule has 10 heteroatoms. The molecular formula is C25H21N5O5. The van der Waals surface area contributed by atoms with Crippen molar-refractivity contribution in [2.45, 2.75) is 6.92 Å². The number of non-ortho nitro benzene ring substituents is 1. The number of fused-ring (bicyclic) bond motifs is 1. The van der Waals surface area contributed by atoms with E-state index in [1.54, 1.807) is 18.3 Å². The molecule has 176 valence electrons. The third-order valence-corrected chi connectivity index (χ3v) is 5.16. The van der Waals surface area contributed by atoms with Crippen molar-refractivity contribution in [2.24, 2.45) is 0 Å². The number of ether oxygens (including phenoxy) is 1. The molecule has 35 heavy (non-hydrogen) atoms. The second-order valence-corrected chi connectivity index (χ2v) is 7.57. The number of nitrogens with zero attached hydrogens (tertiary/aromatic N) is 2. The summed E-state index contributed by atoms with van der Waals surface area (Å²) in [5.41, 5.74) is 3.20. The van der Waals surface area contributed by atoms with Crippen molar-refractivity contribution in [2.75, 3.05) is 23.1 Å². The molecule has 3 aromatic carbocycles. The van der Waals surface area contributed by atoms with E-state index < -0.39 is 11.0 Å². The molecule has 0 saturated carbocycles. The fourth-order valence-corrected chi connectivity index (χ4v) is 3.56. The normalized spacial score (nSPS) is 10.5. The van der Waals surface area contributed by atoms with Crippen molar-refractivity contribution in [3.05, 3.63) is 83.0 Å². The third kappa shape index (κ3) is 5.33. The molecule has 0 unspecified atom stereocenters. The van der Waals surface area contributed by atoms with Crippen LogP contribution >= 0.6 is 0 Å². The van der Waals surface area contributed by atoms with E-state index in [4.69, 9.17) is 4.74 Å². The maximum Gasteiger partial charge on any atom is 0.323 e. The van der Waals surface area contributed by atoms with Crippen LogP contribution in [0.2, 0.25) is 0 Å². The highest BCUT2D eigenvalue weighted by Gasteiger charge is 2.16. The lowest BCUT2D eigenvalue weighted by molar-refractivity contribution is -0.384. The van der Waals surface area contributed by atoms with Crippen molar-refractivity contribution in [3.8, 4) is 16.9 Å². The van der Waals surface area contributed by atoms with Crippen LogP contribution in [0.15, 0.2) is 72.9 Å². The molecule has 1 aromatic heterocycles. The summed E-state index contributed by atoms with van der Waals surface area (Å²) in [5.74, 6) is -0.0512. The molecule has 4 aromatic rings. The molecule has 0 fully saturated rings. The molecule has 1 heterocycles. The molecule has 0 aliphatic rings. The molecule has 0 atom stereocenters. The molecule has 0 aliphatic carbocycles. The van der Waals surface area contributed by atoms with Crippen LogP contribution in [0.5, 0.6) is 5.75 Å². The second-order valence-electron chi connectivity index (χ2n) is 7.57. The Morgan fingerprint density at radius 3 is 2.37 bits per heavy atom. The Bertz CT molecular complexity index is 1450. The predicted octanol–water partition coefficient (Wildman–Crippen LogP) is 5.42. The average Bonchev–Trinajstić information content (AvgIpc) is 2.84. The third-order valence-electron chi connectivity index (χ3n) is 5.16. The van der Waals surface area contributed by atoms with Gasteiger partial charge in [-0.15, -0.1) is 0 Å². The largest absolute Gasteiger partial charge is 0.495 e. The molecule has 0 bridgehead atoms. The lowest BCUT2D eigenvalue weighted by atomic mass is 10.0. The van der Waals surface area contributed by atoms with E-state index in [9.17, 15) is 19.7 Å². The Hall–Kier alpha value is -4.99. The first-order valence-electron chi connectivity index (χ1n) is 10.5. The van der Waals surface area contributed by atoms with Crippen molar-refractivity contribution in [3.63, 3.8) is 0 Å². The highest BCUT2D eigenvalue weighted by atomic mass is 16.6. The van der Waals surface area contributed by atoms with Crippen LogP contribution in [0.3, 0.4) is 0 Å². The molecule has 0 spiro atoms. The van der Waals surface area contributed by atoms with Crippen LogP contribution in [0, 0.1) is 10.1 Å². The van der Waals surface area contributed by atoms with Crippen molar-refractivity contribution in [1.82, 2.24) is 4.98 Å². The zero-order valence-corrected chi connectivity index (χ0v) is 18.9. The fourth-order valence-electron chi connectivity index (χ4n) is 3.56. The quantitative estimate of drug-likeness (QED) is 0.254. The second kappa shape index (κ2) is 9.87. The first-order valence-corrected chi connectivity index (χ1v) is 10.5. The molecule has 0 aliphatic heterocycles. The summed E-state index contributed by atoms with van der Waals surface area (Å²) in [4.78, 5) is 39.4. The van der Waals surface area contributed by atoms with Gasteiger partial charge in [0.25, 0.3) is 5.69 Å². The number of nitro groups is 1. The van der Waals surface area contributed by atoms with Gasteiger partial charge in [0.05, 0.1) is 34.6 Å². The monoisotopic (exact) mass is 471 g/mol. The van der Waals surface area contributed by atoms with E-state index in [2.05, 4.69) is 20.9 Å². The highest BCUT2D eigenvalue weighted by Crippen LogP contribution is 2.32. The summed E-state index contributed by atoms with van der Waals surface area (Å²) >= 11 is 0. The lowest BCUT2D eigenvalue weighted by Gasteiger charge is -2.15. The number of urea groups is 1. The van der Waals surface area contributed by atoms with Crippen molar-refractivity contribution >= 4 is 45.6 Å². The van der Waals surface area contributed by atoms with E-state index in [0.717, 1.165) is 22.0 Å². The molecule has 10 nitrogen and oxygen atoms in total. The molecule has 0 radical (unpaired) electrons. The fraction of sp³-hybridized carbons (Fsp3) is 0.0800. The van der Waals surface area contributed by atoms with Gasteiger partial charge in [0.1, 0.15) is 5.75 Å². The number of benzene rings is 3. The van der Waals surface area contributed by atoms with Gasteiger partial charge in [-0.25, -0.2) is 4.79 Å². The van der Waals surface area contributed by atoms with Gasteiger partial charge in [0, 0.05) is 30.6 Å². The van der Waals surface area contributed by atoms with Gasteiger partial charge in [-0.1, -0.05) is 18.2 Å². The van der Waals surface area contributed by atoms with Crippen molar-refractivity contribution in [1.29, 1.82) is 0 Å². The number of methoxy groups -OCH3 is 1. The zero-order valence-electron chi connectivity index (χ0n) is 18.9. The Labute approximate surface area is 200 Å². The summed E-state index contributed by atoms with van der Waals surface area (Å²) in [5, 5.41) is 20.1. The molecule has 3 N–H and O–H groups in total. The minimum atomic E-state index is -0.671. The Morgan fingerprint density at radius 2 is 1.63 bits per heavy atom. The SMILES string of the molecule is COc1ccc([N+](=O)[O-])cc1NC(=O)Nc1cc(-c2ccc3ncccc3c2)ccc1NC(C)=O. The molecule has 3 amide bonds. The number of pyridine rings is 1. The molecular weight excluding hydrogens is 450 g/mol. The van der Waals surface area contributed by atoms with Crippen LogP contribution in [-0.4, -0.2) is 29.0 Å². The van der Waals surface area contributed by atoms with Gasteiger partial charge in [0.2, 0.25) is 5.91 Å². The van der Waals surface area contributed by atoms with E-state index in [1.807, 2.05) is 36.4 Å². The smallest absolute Gasteiger partial charge is 0.323 e. The number of amides is 3. The number of nitro benzene ring substituents is 1. The number of carbonyl (C=O) groups is 2. The van der Waals surface area contributed by atoms with Crippen LogP contribution in [0.1, 0.15) is 6.92 Å². The van der Waals surface area contributed by atoms with E-state index in [1.165, 1.54) is 32.2 Å². The summed E-state index contributed by atoms with van der Waals surface area (Å²) in [6.07, 6.45) is 1.72.